The van der Waals surface area contributed by atoms with Gasteiger partial charge in [0.15, 0.2) is 5.76 Å². The van der Waals surface area contributed by atoms with E-state index in [1.54, 1.807) is 17.6 Å². The molecule has 0 aliphatic rings. The summed E-state index contributed by atoms with van der Waals surface area (Å²) in [6.07, 6.45) is 3.55. The first-order chi connectivity index (χ1) is 11.5. The SMILES string of the molecule is Cc1ccc(C=Nn2c(-c3ccco3)csc2=NC(C)C)c(C)c1. The average molecular weight is 339 g/mol. The number of hydrogen-bond acceptors (Lipinski definition) is 4. The summed E-state index contributed by atoms with van der Waals surface area (Å²) in [6.45, 7) is 8.31. The Kier molecular flexibility index (Phi) is 4.81. The second kappa shape index (κ2) is 7.01. The van der Waals surface area contributed by atoms with E-state index in [9.17, 15) is 0 Å². The van der Waals surface area contributed by atoms with Crippen LogP contribution in [0.2, 0.25) is 0 Å². The molecule has 0 atom stereocenters. The van der Waals surface area contributed by atoms with Crippen molar-refractivity contribution in [1.82, 2.24) is 4.68 Å². The number of thiazole rings is 1. The molecule has 0 radical (unpaired) electrons. The topological polar surface area (TPSA) is 42.8 Å². The summed E-state index contributed by atoms with van der Waals surface area (Å²) in [4.78, 5) is 5.52. The molecule has 2 heterocycles. The summed E-state index contributed by atoms with van der Waals surface area (Å²) in [5.74, 6) is 0.786. The van der Waals surface area contributed by atoms with Gasteiger partial charge in [-0.25, -0.2) is 4.68 Å². The van der Waals surface area contributed by atoms with Crippen LogP contribution in [0.3, 0.4) is 0 Å². The fourth-order valence-corrected chi connectivity index (χ4v) is 3.36. The number of aryl methyl sites for hydroxylation is 2. The Balaban J connectivity index is 2.08. The second-order valence-electron chi connectivity index (χ2n) is 6.02. The number of rotatable bonds is 4. The maximum atomic E-state index is 5.54. The predicted octanol–water partition coefficient (Wildman–Crippen LogP) is 4.62. The Bertz CT molecular complexity index is 914. The van der Waals surface area contributed by atoms with Gasteiger partial charge in [-0.15, -0.1) is 11.3 Å². The third kappa shape index (κ3) is 3.57. The van der Waals surface area contributed by atoms with Crippen LogP contribution < -0.4 is 4.80 Å². The minimum Gasteiger partial charge on any atom is -0.463 e. The van der Waals surface area contributed by atoms with Crippen molar-refractivity contribution in [2.24, 2.45) is 10.1 Å². The molecule has 0 unspecified atom stereocenters. The monoisotopic (exact) mass is 339 g/mol. The molecule has 0 aliphatic heterocycles. The van der Waals surface area contributed by atoms with Crippen LogP contribution in [0.15, 0.2) is 56.5 Å². The van der Waals surface area contributed by atoms with E-state index in [0.717, 1.165) is 21.8 Å². The van der Waals surface area contributed by atoms with Gasteiger partial charge in [0.25, 0.3) is 0 Å². The van der Waals surface area contributed by atoms with Gasteiger partial charge < -0.3 is 4.42 Å². The zero-order valence-corrected chi connectivity index (χ0v) is 15.2. The van der Waals surface area contributed by atoms with Gasteiger partial charge in [0.2, 0.25) is 4.80 Å². The molecule has 3 rings (SSSR count). The van der Waals surface area contributed by atoms with E-state index in [0.29, 0.717) is 0 Å². The van der Waals surface area contributed by atoms with Crippen molar-refractivity contribution in [3.8, 4) is 11.5 Å². The fraction of sp³-hybridized carbons (Fsp3) is 0.263. The first kappa shape index (κ1) is 16.5. The minimum atomic E-state index is 0.204. The van der Waals surface area contributed by atoms with Gasteiger partial charge >= 0.3 is 0 Å². The molecule has 4 nitrogen and oxygen atoms in total. The van der Waals surface area contributed by atoms with E-state index >= 15 is 0 Å². The number of furan rings is 1. The maximum absolute atomic E-state index is 5.54. The lowest BCUT2D eigenvalue weighted by Crippen LogP contribution is -2.14. The highest BCUT2D eigenvalue weighted by molar-refractivity contribution is 7.07. The normalized spacial score (nSPS) is 12.6. The Labute approximate surface area is 145 Å². The van der Waals surface area contributed by atoms with E-state index in [4.69, 9.17) is 4.42 Å². The maximum Gasteiger partial charge on any atom is 0.206 e. The molecule has 3 aromatic rings. The van der Waals surface area contributed by atoms with E-state index in [1.165, 1.54) is 11.1 Å². The molecule has 0 saturated heterocycles. The van der Waals surface area contributed by atoms with Crippen LogP contribution in [0, 0.1) is 13.8 Å². The van der Waals surface area contributed by atoms with Crippen LogP contribution in [-0.2, 0) is 0 Å². The highest BCUT2D eigenvalue weighted by atomic mass is 32.1. The van der Waals surface area contributed by atoms with Gasteiger partial charge in [0.1, 0.15) is 5.69 Å². The highest BCUT2D eigenvalue weighted by Crippen LogP contribution is 2.20. The summed E-state index contributed by atoms with van der Waals surface area (Å²) in [7, 11) is 0. The summed E-state index contributed by atoms with van der Waals surface area (Å²) in [6, 6.07) is 10.4. The smallest absolute Gasteiger partial charge is 0.206 e. The molecule has 0 bridgehead atoms. The van der Waals surface area contributed by atoms with Gasteiger partial charge in [0.05, 0.1) is 12.5 Å². The predicted molar refractivity (Wildman–Crippen MR) is 99.6 cm³/mol. The van der Waals surface area contributed by atoms with Crippen molar-refractivity contribution >= 4 is 17.6 Å². The number of benzene rings is 1. The average Bonchev–Trinajstić information content (AvgIpc) is 3.15. The Morgan fingerprint density at radius 3 is 2.71 bits per heavy atom. The van der Waals surface area contributed by atoms with Crippen LogP contribution in [-0.4, -0.2) is 16.9 Å². The van der Waals surface area contributed by atoms with Crippen LogP contribution in [0.1, 0.15) is 30.5 Å². The molecule has 0 saturated carbocycles. The molecule has 0 amide bonds. The van der Waals surface area contributed by atoms with E-state index in [2.05, 4.69) is 56.0 Å². The number of hydrogen-bond donors (Lipinski definition) is 0. The van der Waals surface area contributed by atoms with Crippen LogP contribution in [0.5, 0.6) is 0 Å². The van der Waals surface area contributed by atoms with Gasteiger partial charge in [-0.2, -0.15) is 5.10 Å². The lowest BCUT2D eigenvalue weighted by molar-refractivity contribution is 0.575. The Morgan fingerprint density at radius 2 is 2.04 bits per heavy atom. The number of aromatic nitrogens is 1. The largest absolute Gasteiger partial charge is 0.463 e. The molecule has 0 fully saturated rings. The molecule has 5 heteroatoms. The lowest BCUT2D eigenvalue weighted by atomic mass is 10.1. The zero-order chi connectivity index (χ0) is 17.1. The van der Waals surface area contributed by atoms with Gasteiger partial charge in [-0.1, -0.05) is 23.8 Å². The summed E-state index contributed by atoms with van der Waals surface area (Å²) >= 11 is 1.57. The summed E-state index contributed by atoms with van der Waals surface area (Å²) < 4.78 is 7.39. The van der Waals surface area contributed by atoms with Crippen molar-refractivity contribution in [3.05, 3.63) is 63.5 Å². The minimum absolute atomic E-state index is 0.204. The number of nitrogens with zero attached hydrogens (tertiary/aromatic N) is 3. The third-order valence-electron chi connectivity index (χ3n) is 3.57. The van der Waals surface area contributed by atoms with Crippen molar-refractivity contribution in [1.29, 1.82) is 0 Å². The van der Waals surface area contributed by atoms with Crippen molar-refractivity contribution in [2.75, 3.05) is 0 Å². The summed E-state index contributed by atoms with van der Waals surface area (Å²) in [5.41, 5.74) is 4.46. The first-order valence-corrected chi connectivity index (χ1v) is 8.82. The molecule has 2 aromatic heterocycles. The Morgan fingerprint density at radius 1 is 1.21 bits per heavy atom. The van der Waals surface area contributed by atoms with Crippen LogP contribution in [0.25, 0.3) is 11.5 Å². The van der Waals surface area contributed by atoms with E-state index < -0.39 is 0 Å². The second-order valence-corrected chi connectivity index (χ2v) is 6.86. The first-order valence-electron chi connectivity index (χ1n) is 7.94. The standard InChI is InChI=1S/C19H21N3OS/c1-13(2)21-19-22(17(12-24-19)18-6-5-9-23-18)20-11-16-8-7-14(3)10-15(16)4/h5-13H,1-4H3. The van der Waals surface area contributed by atoms with Crippen LogP contribution >= 0.6 is 11.3 Å². The molecule has 0 spiro atoms. The lowest BCUT2D eigenvalue weighted by Gasteiger charge is -2.03. The molecule has 24 heavy (non-hydrogen) atoms. The molecule has 1 aromatic carbocycles. The van der Waals surface area contributed by atoms with Gasteiger partial charge in [-0.05, 0) is 51.0 Å². The van der Waals surface area contributed by atoms with Crippen LogP contribution in [0.4, 0.5) is 0 Å². The van der Waals surface area contributed by atoms with Crippen molar-refractivity contribution in [2.45, 2.75) is 33.7 Å². The Hall–Kier alpha value is -2.40. The fourth-order valence-electron chi connectivity index (χ4n) is 2.41. The van der Waals surface area contributed by atoms with E-state index in [-0.39, 0.29) is 6.04 Å². The molecular formula is C19H21N3OS. The quantitative estimate of drug-likeness (QED) is 0.640. The summed E-state index contributed by atoms with van der Waals surface area (Å²) in [5, 5.41) is 6.71. The van der Waals surface area contributed by atoms with Gasteiger partial charge in [-0.3, -0.25) is 4.99 Å². The third-order valence-corrected chi connectivity index (χ3v) is 4.40. The molecule has 0 N–H and O–H groups in total. The zero-order valence-electron chi connectivity index (χ0n) is 14.4. The molecule has 124 valence electrons. The van der Waals surface area contributed by atoms with Crippen molar-refractivity contribution < 1.29 is 4.42 Å². The van der Waals surface area contributed by atoms with Gasteiger partial charge in [0, 0.05) is 11.4 Å². The highest BCUT2D eigenvalue weighted by Gasteiger charge is 2.10. The van der Waals surface area contributed by atoms with Crippen molar-refractivity contribution in [3.63, 3.8) is 0 Å². The molecular weight excluding hydrogens is 318 g/mol. The van der Waals surface area contributed by atoms with E-state index in [1.807, 2.05) is 28.4 Å². The molecule has 0 aliphatic carbocycles.